The molecule has 0 unspecified atom stereocenters. The van der Waals surface area contributed by atoms with Crippen LogP contribution in [0.4, 0.5) is 17.6 Å². The third-order valence-electron chi connectivity index (χ3n) is 4.41. The van der Waals surface area contributed by atoms with E-state index < -0.39 is 46.8 Å². The summed E-state index contributed by atoms with van der Waals surface area (Å²) in [5, 5.41) is 6.73. The standard InChI is InChI=1S/C16H15F4N5O2/c17-10-3-1-2-4-11(10)25-13(16(18,19)20)12(22-23-25)15(27)24-7-5-9(6-8-24)14(21)26/h1-4,9H,5-8H2,(H2,21,26). The number of carbonyl (C=O) groups is 2. The van der Waals surface area contributed by atoms with Crippen LogP contribution >= 0.6 is 0 Å². The zero-order chi connectivity index (χ0) is 19.8. The van der Waals surface area contributed by atoms with Crippen LogP contribution in [0.3, 0.4) is 0 Å². The van der Waals surface area contributed by atoms with E-state index in [1.165, 1.54) is 12.1 Å². The van der Waals surface area contributed by atoms with Crippen molar-refractivity contribution in [1.82, 2.24) is 19.9 Å². The number of benzene rings is 1. The Kier molecular flexibility index (Phi) is 4.85. The number of aromatic nitrogens is 3. The summed E-state index contributed by atoms with van der Waals surface area (Å²) in [4.78, 5) is 24.9. The maximum absolute atomic E-state index is 13.9. The molecular weight excluding hydrogens is 370 g/mol. The first-order valence-corrected chi connectivity index (χ1v) is 8.06. The summed E-state index contributed by atoms with van der Waals surface area (Å²) in [6, 6.07) is 4.74. The van der Waals surface area contributed by atoms with Gasteiger partial charge in [-0.1, -0.05) is 17.3 Å². The second kappa shape index (κ2) is 6.97. The highest BCUT2D eigenvalue weighted by atomic mass is 19.4. The quantitative estimate of drug-likeness (QED) is 0.815. The Morgan fingerprint density at radius 3 is 2.33 bits per heavy atom. The molecule has 2 heterocycles. The third-order valence-corrected chi connectivity index (χ3v) is 4.41. The maximum Gasteiger partial charge on any atom is 0.435 e. The number of alkyl halides is 3. The van der Waals surface area contributed by atoms with E-state index >= 15 is 0 Å². The van der Waals surface area contributed by atoms with E-state index in [1.807, 2.05) is 0 Å². The number of halogens is 4. The maximum atomic E-state index is 13.9. The molecule has 1 fully saturated rings. The number of amides is 2. The summed E-state index contributed by atoms with van der Waals surface area (Å²) >= 11 is 0. The van der Waals surface area contributed by atoms with Gasteiger partial charge in [0, 0.05) is 19.0 Å². The lowest BCUT2D eigenvalue weighted by molar-refractivity contribution is -0.143. The van der Waals surface area contributed by atoms with E-state index in [1.54, 1.807) is 0 Å². The lowest BCUT2D eigenvalue weighted by atomic mass is 9.96. The van der Waals surface area contributed by atoms with Crippen LogP contribution in [0.2, 0.25) is 0 Å². The Balaban J connectivity index is 1.96. The number of piperidine rings is 1. The Hall–Kier alpha value is -2.98. The predicted octanol–water partition coefficient (Wildman–Crippen LogP) is 1.76. The summed E-state index contributed by atoms with van der Waals surface area (Å²) in [7, 11) is 0. The molecule has 1 aromatic heterocycles. The van der Waals surface area contributed by atoms with E-state index in [0.29, 0.717) is 0 Å². The number of likely N-dealkylation sites (tertiary alicyclic amines) is 1. The molecule has 0 spiro atoms. The lowest BCUT2D eigenvalue weighted by Crippen LogP contribution is -2.42. The summed E-state index contributed by atoms with van der Waals surface area (Å²) in [6.45, 7) is 0.132. The van der Waals surface area contributed by atoms with E-state index in [-0.39, 0.29) is 30.6 Å². The SMILES string of the molecule is NC(=O)C1CCN(C(=O)c2nnn(-c3ccccc3F)c2C(F)(F)F)CC1. The topological polar surface area (TPSA) is 94.1 Å². The van der Waals surface area contributed by atoms with Crippen LogP contribution in [0, 0.1) is 11.7 Å². The zero-order valence-electron chi connectivity index (χ0n) is 13.9. The van der Waals surface area contributed by atoms with Crippen LogP contribution < -0.4 is 5.73 Å². The van der Waals surface area contributed by atoms with Gasteiger partial charge in [-0.3, -0.25) is 9.59 Å². The van der Waals surface area contributed by atoms with Gasteiger partial charge in [0.25, 0.3) is 5.91 Å². The largest absolute Gasteiger partial charge is 0.435 e. The highest BCUT2D eigenvalue weighted by molar-refractivity contribution is 5.94. The van der Waals surface area contributed by atoms with Crippen molar-refractivity contribution < 1.29 is 27.2 Å². The highest BCUT2D eigenvalue weighted by Gasteiger charge is 2.43. The molecule has 1 aliphatic heterocycles. The van der Waals surface area contributed by atoms with Gasteiger partial charge < -0.3 is 10.6 Å². The second-order valence-electron chi connectivity index (χ2n) is 6.12. The number of nitrogens with two attached hydrogens (primary N) is 1. The molecule has 1 aromatic carbocycles. The van der Waals surface area contributed by atoms with Gasteiger partial charge >= 0.3 is 6.18 Å². The Morgan fingerprint density at radius 2 is 1.78 bits per heavy atom. The number of hydrogen-bond donors (Lipinski definition) is 1. The lowest BCUT2D eigenvalue weighted by Gasteiger charge is -2.30. The van der Waals surface area contributed by atoms with Crippen molar-refractivity contribution >= 4 is 11.8 Å². The van der Waals surface area contributed by atoms with E-state index in [0.717, 1.165) is 17.0 Å². The minimum atomic E-state index is -4.98. The number of para-hydroxylation sites is 1. The van der Waals surface area contributed by atoms with Gasteiger partial charge in [0.15, 0.2) is 11.4 Å². The fourth-order valence-electron chi connectivity index (χ4n) is 2.99. The van der Waals surface area contributed by atoms with Crippen LogP contribution in [-0.4, -0.2) is 44.8 Å². The molecule has 144 valence electrons. The second-order valence-corrected chi connectivity index (χ2v) is 6.12. The molecule has 2 N–H and O–H groups in total. The molecule has 2 aromatic rings. The number of carbonyl (C=O) groups excluding carboxylic acids is 2. The zero-order valence-corrected chi connectivity index (χ0v) is 13.9. The number of nitrogens with zero attached hydrogens (tertiary/aromatic N) is 4. The van der Waals surface area contributed by atoms with Gasteiger partial charge in [0.1, 0.15) is 11.5 Å². The monoisotopic (exact) mass is 385 g/mol. The molecule has 27 heavy (non-hydrogen) atoms. The summed E-state index contributed by atoms with van der Waals surface area (Å²) in [6.07, 6.45) is -4.48. The van der Waals surface area contributed by atoms with Crippen molar-refractivity contribution in [2.24, 2.45) is 11.7 Å². The van der Waals surface area contributed by atoms with Gasteiger partial charge in [-0.2, -0.15) is 13.2 Å². The van der Waals surface area contributed by atoms with Gasteiger partial charge in [-0.05, 0) is 25.0 Å². The van der Waals surface area contributed by atoms with Gasteiger partial charge in [0.2, 0.25) is 5.91 Å². The molecule has 1 saturated heterocycles. The van der Waals surface area contributed by atoms with Crippen LogP contribution in [0.5, 0.6) is 0 Å². The molecule has 0 atom stereocenters. The minimum absolute atomic E-state index is 0.0658. The van der Waals surface area contributed by atoms with Crippen molar-refractivity contribution in [1.29, 1.82) is 0 Å². The van der Waals surface area contributed by atoms with Crippen LogP contribution in [-0.2, 0) is 11.0 Å². The Labute approximate surface area is 150 Å². The normalized spacial score (nSPS) is 15.8. The van der Waals surface area contributed by atoms with E-state index in [9.17, 15) is 27.2 Å². The molecule has 0 bridgehead atoms. The molecule has 0 aliphatic carbocycles. The Morgan fingerprint density at radius 1 is 1.15 bits per heavy atom. The van der Waals surface area contributed by atoms with Crippen molar-refractivity contribution in [3.63, 3.8) is 0 Å². The number of rotatable bonds is 3. The first kappa shape index (κ1) is 18.8. The average molecular weight is 385 g/mol. The van der Waals surface area contributed by atoms with Crippen molar-refractivity contribution in [3.05, 3.63) is 41.5 Å². The van der Waals surface area contributed by atoms with Crippen LogP contribution in [0.15, 0.2) is 24.3 Å². The third kappa shape index (κ3) is 3.62. The molecular formula is C16H15F4N5O2. The summed E-state index contributed by atoms with van der Waals surface area (Å²) in [5.74, 6) is -2.85. The molecule has 3 rings (SSSR count). The fraction of sp³-hybridized carbons (Fsp3) is 0.375. The van der Waals surface area contributed by atoms with Crippen LogP contribution in [0.25, 0.3) is 5.69 Å². The summed E-state index contributed by atoms with van der Waals surface area (Å²) < 4.78 is 55.0. The summed E-state index contributed by atoms with van der Waals surface area (Å²) in [5.41, 5.74) is 2.38. The number of primary amides is 1. The van der Waals surface area contributed by atoms with Crippen LogP contribution in [0.1, 0.15) is 29.0 Å². The average Bonchev–Trinajstić information content (AvgIpc) is 3.07. The van der Waals surface area contributed by atoms with Crippen molar-refractivity contribution in [2.45, 2.75) is 19.0 Å². The molecule has 1 aliphatic rings. The predicted molar refractivity (Wildman–Crippen MR) is 84.1 cm³/mol. The Bertz CT molecular complexity index is 872. The van der Waals surface area contributed by atoms with E-state index in [2.05, 4.69) is 10.3 Å². The number of hydrogen-bond acceptors (Lipinski definition) is 4. The minimum Gasteiger partial charge on any atom is -0.369 e. The fourth-order valence-corrected chi connectivity index (χ4v) is 2.99. The molecule has 0 saturated carbocycles. The van der Waals surface area contributed by atoms with Gasteiger partial charge in [0.05, 0.1) is 0 Å². The van der Waals surface area contributed by atoms with Crippen molar-refractivity contribution in [3.8, 4) is 5.69 Å². The molecule has 11 heteroatoms. The molecule has 2 amide bonds. The highest BCUT2D eigenvalue weighted by Crippen LogP contribution is 2.34. The van der Waals surface area contributed by atoms with Gasteiger partial charge in [-0.15, -0.1) is 5.10 Å². The molecule has 7 nitrogen and oxygen atoms in total. The molecule has 0 radical (unpaired) electrons. The smallest absolute Gasteiger partial charge is 0.369 e. The first-order chi connectivity index (χ1) is 12.7. The first-order valence-electron chi connectivity index (χ1n) is 8.06. The van der Waals surface area contributed by atoms with Crippen molar-refractivity contribution in [2.75, 3.05) is 13.1 Å². The van der Waals surface area contributed by atoms with E-state index in [4.69, 9.17) is 5.73 Å². The van der Waals surface area contributed by atoms with Gasteiger partial charge in [-0.25, -0.2) is 9.07 Å².